The van der Waals surface area contributed by atoms with Gasteiger partial charge in [-0.1, -0.05) is 18.2 Å². The molecule has 0 aliphatic rings. The number of nitrogens with one attached hydrogen (secondary N) is 1. The van der Waals surface area contributed by atoms with Crippen LogP contribution in [-0.2, 0) is 5.54 Å². The van der Waals surface area contributed by atoms with Crippen molar-refractivity contribution in [3.63, 3.8) is 0 Å². The summed E-state index contributed by atoms with van der Waals surface area (Å²) in [5, 5.41) is 12.2. The van der Waals surface area contributed by atoms with Crippen molar-refractivity contribution < 1.29 is 14.3 Å². The van der Waals surface area contributed by atoms with Gasteiger partial charge in [-0.3, -0.25) is 4.79 Å². The van der Waals surface area contributed by atoms with E-state index in [1.165, 1.54) is 24.3 Å². The zero-order valence-electron chi connectivity index (χ0n) is 11.4. The van der Waals surface area contributed by atoms with E-state index in [9.17, 15) is 14.3 Å². The van der Waals surface area contributed by atoms with Crippen LogP contribution in [0.15, 0.2) is 48.5 Å². The number of aromatic hydroxyl groups is 1. The summed E-state index contributed by atoms with van der Waals surface area (Å²) in [6.07, 6.45) is 0. The topological polar surface area (TPSA) is 49.3 Å². The van der Waals surface area contributed by atoms with Gasteiger partial charge in [0.1, 0.15) is 11.6 Å². The summed E-state index contributed by atoms with van der Waals surface area (Å²) in [6.45, 7) is 3.59. The van der Waals surface area contributed by atoms with Gasteiger partial charge in [-0.2, -0.15) is 0 Å². The molecule has 1 amide bonds. The largest absolute Gasteiger partial charge is 0.508 e. The number of hydrogen-bond acceptors (Lipinski definition) is 2. The summed E-state index contributed by atoms with van der Waals surface area (Å²) < 4.78 is 13.3. The lowest BCUT2D eigenvalue weighted by atomic mass is 9.93. The van der Waals surface area contributed by atoms with Gasteiger partial charge in [0.05, 0.1) is 5.54 Å². The fourth-order valence-corrected chi connectivity index (χ4v) is 1.95. The van der Waals surface area contributed by atoms with Crippen molar-refractivity contribution in [1.82, 2.24) is 5.32 Å². The molecule has 3 nitrogen and oxygen atoms in total. The summed E-state index contributed by atoms with van der Waals surface area (Å²) in [7, 11) is 0. The third kappa shape index (κ3) is 3.15. The fourth-order valence-electron chi connectivity index (χ4n) is 1.95. The van der Waals surface area contributed by atoms with Crippen molar-refractivity contribution in [2.24, 2.45) is 0 Å². The van der Waals surface area contributed by atoms with Gasteiger partial charge >= 0.3 is 0 Å². The van der Waals surface area contributed by atoms with Gasteiger partial charge in [-0.05, 0) is 49.7 Å². The highest BCUT2D eigenvalue weighted by molar-refractivity contribution is 5.95. The molecule has 0 radical (unpaired) electrons. The molecule has 0 unspecified atom stereocenters. The first kappa shape index (κ1) is 14.1. The maximum atomic E-state index is 13.3. The number of halogens is 1. The summed E-state index contributed by atoms with van der Waals surface area (Å²) >= 11 is 0. The van der Waals surface area contributed by atoms with Gasteiger partial charge in [0.15, 0.2) is 0 Å². The van der Waals surface area contributed by atoms with Crippen LogP contribution >= 0.6 is 0 Å². The number of phenolic OH excluding ortho intramolecular Hbond substituents is 1. The second-order valence-corrected chi connectivity index (χ2v) is 5.14. The number of phenols is 1. The predicted octanol–water partition coefficient (Wildman–Crippen LogP) is 3.20. The van der Waals surface area contributed by atoms with E-state index in [4.69, 9.17) is 0 Å². The Morgan fingerprint density at radius 1 is 1.15 bits per heavy atom. The lowest BCUT2D eigenvalue weighted by Crippen LogP contribution is -2.41. The molecule has 0 aromatic heterocycles. The Labute approximate surface area is 117 Å². The lowest BCUT2D eigenvalue weighted by Gasteiger charge is -2.27. The molecule has 0 saturated heterocycles. The van der Waals surface area contributed by atoms with Crippen LogP contribution in [0.5, 0.6) is 5.75 Å². The molecule has 4 heteroatoms. The van der Waals surface area contributed by atoms with Gasteiger partial charge in [-0.25, -0.2) is 4.39 Å². The third-order valence-electron chi connectivity index (χ3n) is 3.08. The molecular formula is C16H16FNO2. The first-order valence-electron chi connectivity index (χ1n) is 6.26. The maximum absolute atomic E-state index is 13.3. The molecular weight excluding hydrogens is 257 g/mol. The van der Waals surface area contributed by atoms with Crippen molar-refractivity contribution in [2.75, 3.05) is 0 Å². The monoisotopic (exact) mass is 273 g/mol. The van der Waals surface area contributed by atoms with E-state index in [1.54, 1.807) is 38.1 Å². The minimum Gasteiger partial charge on any atom is -0.508 e. The Kier molecular flexibility index (Phi) is 3.74. The molecule has 2 rings (SSSR count). The Bertz CT molecular complexity index is 638. The van der Waals surface area contributed by atoms with Crippen LogP contribution in [0, 0.1) is 5.82 Å². The molecule has 0 aliphatic heterocycles. The highest BCUT2D eigenvalue weighted by atomic mass is 19.1. The molecule has 0 bridgehead atoms. The Hall–Kier alpha value is -2.36. The van der Waals surface area contributed by atoms with Gasteiger partial charge in [0, 0.05) is 5.56 Å². The molecule has 104 valence electrons. The van der Waals surface area contributed by atoms with Gasteiger partial charge < -0.3 is 10.4 Å². The quantitative estimate of drug-likeness (QED) is 0.902. The Balaban J connectivity index is 2.22. The number of amides is 1. The molecule has 2 aromatic carbocycles. The normalized spacial score (nSPS) is 11.2. The van der Waals surface area contributed by atoms with Crippen LogP contribution in [-0.4, -0.2) is 11.0 Å². The number of carbonyl (C=O) groups excluding carboxylic acids is 1. The minimum atomic E-state index is -0.718. The molecule has 2 aromatic rings. The second kappa shape index (κ2) is 5.33. The molecule has 0 heterocycles. The van der Waals surface area contributed by atoms with Crippen LogP contribution < -0.4 is 5.32 Å². The van der Waals surface area contributed by atoms with E-state index in [-0.39, 0.29) is 17.5 Å². The third-order valence-corrected chi connectivity index (χ3v) is 3.08. The van der Waals surface area contributed by atoms with E-state index in [0.29, 0.717) is 11.1 Å². The Morgan fingerprint density at radius 2 is 1.85 bits per heavy atom. The van der Waals surface area contributed by atoms with Crippen LogP contribution in [0.2, 0.25) is 0 Å². The average molecular weight is 273 g/mol. The van der Waals surface area contributed by atoms with E-state index in [0.717, 1.165) is 0 Å². The van der Waals surface area contributed by atoms with Gasteiger partial charge in [0.2, 0.25) is 0 Å². The van der Waals surface area contributed by atoms with Gasteiger partial charge in [0.25, 0.3) is 5.91 Å². The molecule has 0 saturated carbocycles. The molecule has 0 atom stereocenters. The maximum Gasteiger partial charge on any atom is 0.252 e. The zero-order valence-corrected chi connectivity index (χ0v) is 11.4. The van der Waals surface area contributed by atoms with Crippen LogP contribution in [0.25, 0.3) is 0 Å². The molecule has 0 spiro atoms. The van der Waals surface area contributed by atoms with Crippen LogP contribution in [0.4, 0.5) is 4.39 Å². The number of rotatable bonds is 3. The first-order chi connectivity index (χ1) is 9.38. The standard InChI is InChI=1S/C16H16FNO2/c1-16(2,12-6-4-7-13(17)10-12)18-15(20)11-5-3-8-14(19)9-11/h3-10,19H,1-2H3,(H,18,20). The van der Waals surface area contributed by atoms with Crippen molar-refractivity contribution in [3.8, 4) is 5.75 Å². The van der Waals surface area contributed by atoms with Crippen LogP contribution in [0.3, 0.4) is 0 Å². The highest BCUT2D eigenvalue weighted by Gasteiger charge is 2.23. The summed E-state index contributed by atoms with van der Waals surface area (Å²) in [5.74, 6) is -0.640. The van der Waals surface area contributed by atoms with Gasteiger partial charge in [-0.15, -0.1) is 0 Å². The summed E-state index contributed by atoms with van der Waals surface area (Å²) in [6, 6.07) is 12.2. The average Bonchev–Trinajstić information content (AvgIpc) is 2.38. The van der Waals surface area contributed by atoms with E-state index < -0.39 is 5.54 Å². The zero-order chi connectivity index (χ0) is 14.8. The predicted molar refractivity (Wildman–Crippen MR) is 75.0 cm³/mol. The van der Waals surface area contributed by atoms with Crippen molar-refractivity contribution in [3.05, 3.63) is 65.5 Å². The Morgan fingerprint density at radius 3 is 2.50 bits per heavy atom. The van der Waals surface area contributed by atoms with Crippen molar-refractivity contribution >= 4 is 5.91 Å². The molecule has 0 aliphatic carbocycles. The fraction of sp³-hybridized carbons (Fsp3) is 0.188. The van der Waals surface area contributed by atoms with Crippen molar-refractivity contribution in [2.45, 2.75) is 19.4 Å². The van der Waals surface area contributed by atoms with Crippen molar-refractivity contribution in [1.29, 1.82) is 0 Å². The van der Waals surface area contributed by atoms with E-state index in [1.807, 2.05) is 0 Å². The molecule has 20 heavy (non-hydrogen) atoms. The second-order valence-electron chi connectivity index (χ2n) is 5.14. The highest BCUT2D eigenvalue weighted by Crippen LogP contribution is 2.22. The summed E-state index contributed by atoms with van der Waals surface area (Å²) in [4.78, 5) is 12.2. The number of hydrogen-bond donors (Lipinski definition) is 2. The minimum absolute atomic E-state index is 0.0289. The smallest absolute Gasteiger partial charge is 0.252 e. The van der Waals surface area contributed by atoms with E-state index >= 15 is 0 Å². The number of benzene rings is 2. The number of carbonyl (C=O) groups is 1. The SMILES string of the molecule is CC(C)(NC(=O)c1cccc(O)c1)c1cccc(F)c1. The molecule has 0 fully saturated rings. The first-order valence-corrected chi connectivity index (χ1v) is 6.26. The van der Waals surface area contributed by atoms with E-state index in [2.05, 4.69) is 5.32 Å². The summed E-state index contributed by atoms with van der Waals surface area (Å²) in [5.41, 5.74) is 0.311. The van der Waals surface area contributed by atoms with Crippen LogP contribution in [0.1, 0.15) is 29.8 Å². The lowest BCUT2D eigenvalue weighted by molar-refractivity contribution is 0.0911. The molecule has 2 N–H and O–H groups in total.